The standard InChI is InChI=1S/C12H10O4/c1-3-8-9(7(2)11(13)14)5-4-6-10(8)12(15)16/h3-6H,1-2H2,(H,13,14)(H,15,16). The van der Waals surface area contributed by atoms with Gasteiger partial charge in [-0.3, -0.25) is 0 Å². The summed E-state index contributed by atoms with van der Waals surface area (Å²) in [5.74, 6) is -2.32. The SMILES string of the molecule is C=Cc1c(C(=C)C(=O)O)cccc1C(=O)O. The molecular formula is C12H10O4. The molecule has 0 aromatic heterocycles. The third-order valence-corrected chi connectivity index (χ3v) is 2.12. The highest BCUT2D eigenvalue weighted by Crippen LogP contribution is 2.22. The van der Waals surface area contributed by atoms with Crippen LogP contribution in [-0.2, 0) is 4.79 Å². The molecule has 2 N–H and O–H groups in total. The molecule has 0 atom stereocenters. The number of benzene rings is 1. The van der Waals surface area contributed by atoms with Crippen LogP contribution in [0.5, 0.6) is 0 Å². The van der Waals surface area contributed by atoms with Crippen molar-refractivity contribution in [2.45, 2.75) is 0 Å². The molecule has 82 valence electrons. The van der Waals surface area contributed by atoms with Crippen molar-refractivity contribution in [3.63, 3.8) is 0 Å². The van der Waals surface area contributed by atoms with Crippen molar-refractivity contribution in [1.29, 1.82) is 0 Å². The van der Waals surface area contributed by atoms with Gasteiger partial charge in [-0.25, -0.2) is 9.59 Å². The molecule has 0 aliphatic carbocycles. The molecule has 16 heavy (non-hydrogen) atoms. The Kier molecular flexibility index (Phi) is 3.25. The Morgan fingerprint density at radius 3 is 2.19 bits per heavy atom. The zero-order valence-electron chi connectivity index (χ0n) is 8.43. The maximum absolute atomic E-state index is 10.9. The maximum Gasteiger partial charge on any atom is 0.336 e. The van der Waals surface area contributed by atoms with E-state index in [0.717, 1.165) is 0 Å². The van der Waals surface area contributed by atoms with E-state index < -0.39 is 11.9 Å². The summed E-state index contributed by atoms with van der Waals surface area (Å²) in [7, 11) is 0. The fourth-order valence-electron chi connectivity index (χ4n) is 1.35. The third kappa shape index (κ3) is 2.00. The van der Waals surface area contributed by atoms with Gasteiger partial charge in [-0.2, -0.15) is 0 Å². The number of aliphatic carboxylic acids is 1. The van der Waals surface area contributed by atoms with Crippen molar-refractivity contribution in [3.8, 4) is 0 Å². The van der Waals surface area contributed by atoms with Gasteiger partial charge in [0.05, 0.1) is 11.1 Å². The van der Waals surface area contributed by atoms with E-state index in [4.69, 9.17) is 10.2 Å². The molecule has 0 aliphatic rings. The molecule has 0 saturated carbocycles. The van der Waals surface area contributed by atoms with E-state index in [1.165, 1.54) is 24.3 Å². The Balaban J connectivity index is 3.47. The van der Waals surface area contributed by atoms with Gasteiger partial charge in [0.15, 0.2) is 0 Å². The lowest BCUT2D eigenvalue weighted by molar-refractivity contribution is -0.130. The molecule has 0 bridgehead atoms. The zero-order chi connectivity index (χ0) is 12.3. The Hall–Kier alpha value is -2.36. The highest BCUT2D eigenvalue weighted by molar-refractivity contribution is 6.16. The van der Waals surface area contributed by atoms with Gasteiger partial charge in [0, 0.05) is 0 Å². The minimum Gasteiger partial charge on any atom is -0.478 e. The maximum atomic E-state index is 10.9. The molecule has 1 aromatic carbocycles. The molecule has 1 rings (SSSR count). The van der Waals surface area contributed by atoms with Crippen molar-refractivity contribution in [2.75, 3.05) is 0 Å². The van der Waals surface area contributed by atoms with Crippen molar-refractivity contribution in [3.05, 3.63) is 48.0 Å². The average molecular weight is 218 g/mol. The molecular weight excluding hydrogens is 208 g/mol. The number of carboxylic acid groups (broad SMARTS) is 2. The summed E-state index contributed by atoms with van der Waals surface area (Å²) in [4.78, 5) is 21.7. The van der Waals surface area contributed by atoms with Gasteiger partial charge in [0.1, 0.15) is 0 Å². The summed E-state index contributed by atoms with van der Waals surface area (Å²) in [6.45, 7) is 6.87. The summed E-state index contributed by atoms with van der Waals surface area (Å²) in [5, 5.41) is 17.7. The van der Waals surface area contributed by atoms with Gasteiger partial charge >= 0.3 is 11.9 Å². The second kappa shape index (κ2) is 4.44. The molecule has 0 aliphatic heterocycles. The van der Waals surface area contributed by atoms with Crippen molar-refractivity contribution in [2.24, 2.45) is 0 Å². The van der Waals surface area contributed by atoms with Crippen molar-refractivity contribution < 1.29 is 19.8 Å². The Morgan fingerprint density at radius 1 is 1.19 bits per heavy atom. The van der Waals surface area contributed by atoms with Crippen LogP contribution in [0.1, 0.15) is 21.5 Å². The number of carboxylic acids is 2. The number of aromatic carboxylic acids is 1. The second-order valence-electron chi connectivity index (χ2n) is 3.06. The normalized spacial score (nSPS) is 9.50. The molecule has 0 amide bonds. The first kappa shape index (κ1) is 11.7. The fraction of sp³-hybridized carbons (Fsp3) is 0. The number of rotatable bonds is 4. The predicted octanol–water partition coefficient (Wildman–Crippen LogP) is 2.13. The van der Waals surface area contributed by atoms with E-state index in [1.54, 1.807) is 0 Å². The summed E-state index contributed by atoms with van der Waals surface area (Å²) in [6, 6.07) is 4.36. The highest BCUT2D eigenvalue weighted by atomic mass is 16.4. The van der Waals surface area contributed by atoms with Crippen molar-refractivity contribution >= 4 is 23.6 Å². The summed E-state index contributed by atoms with van der Waals surface area (Å²) < 4.78 is 0. The Bertz CT molecular complexity index is 486. The van der Waals surface area contributed by atoms with Gasteiger partial charge in [-0.15, -0.1) is 0 Å². The first-order valence-corrected chi connectivity index (χ1v) is 4.40. The minimum atomic E-state index is -1.19. The van der Waals surface area contributed by atoms with Gasteiger partial charge in [-0.1, -0.05) is 31.4 Å². The van der Waals surface area contributed by atoms with Crippen molar-refractivity contribution in [1.82, 2.24) is 0 Å². The smallest absolute Gasteiger partial charge is 0.336 e. The molecule has 0 spiro atoms. The second-order valence-corrected chi connectivity index (χ2v) is 3.06. The van der Waals surface area contributed by atoms with E-state index in [1.807, 2.05) is 0 Å². The summed E-state index contributed by atoms with van der Waals surface area (Å²) in [6.07, 6.45) is 1.31. The Morgan fingerprint density at radius 2 is 1.75 bits per heavy atom. The van der Waals surface area contributed by atoms with E-state index in [-0.39, 0.29) is 22.3 Å². The average Bonchev–Trinajstić information content (AvgIpc) is 2.26. The number of hydrogen-bond donors (Lipinski definition) is 2. The summed E-state index contributed by atoms with van der Waals surface area (Å²) >= 11 is 0. The lowest BCUT2D eigenvalue weighted by atomic mass is 9.96. The van der Waals surface area contributed by atoms with Crippen LogP contribution in [0.4, 0.5) is 0 Å². The van der Waals surface area contributed by atoms with Gasteiger partial charge < -0.3 is 10.2 Å². The minimum absolute atomic E-state index is 0.00917. The molecule has 4 nitrogen and oxygen atoms in total. The van der Waals surface area contributed by atoms with Gasteiger partial charge in [-0.05, 0) is 17.2 Å². The van der Waals surface area contributed by atoms with Crippen LogP contribution in [0.2, 0.25) is 0 Å². The predicted molar refractivity (Wildman–Crippen MR) is 60.2 cm³/mol. The quantitative estimate of drug-likeness (QED) is 0.759. The largest absolute Gasteiger partial charge is 0.478 e. The van der Waals surface area contributed by atoms with E-state index in [9.17, 15) is 9.59 Å². The molecule has 0 saturated heterocycles. The molecule has 1 aromatic rings. The van der Waals surface area contributed by atoms with Crippen LogP contribution in [0.15, 0.2) is 31.4 Å². The van der Waals surface area contributed by atoms with Crippen LogP contribution in [-0.4, -0.2) is 22.2 Å². The van der Waals surface area contributed by atoms with E-state index in [0.29, 0.717) is 0 Å². The zero-order valence-corrected chi connectivity index (χ0v) is 8.43. The van der Waals surface area contributed by atoms with Crippen LogP contribution in [0.25, 0.3) is 11.6 Å². The third-order valence-electron chi connectivity index (χ3n) is 2.12. The lowest BCUT2D eigenvalue weighted by Gasteiger charge is -2.08. The van der Waals surface area contributed by atoms with E-state index >= 15 is 0 Å². The first-order chi connectivity index (χ1) is 7.49. The van der Waals surface area contributed by atoms with Crippen LogP contribution >= 0.6 is 0 Å². The number of hydrogen-bond acceptors (Lipinski definition) is 2. The monoisotopic (exact) mass is 218 g/mol. The highest BCUT2D eigenvalue weighted by Gasteiger charge is 2.16. The topological polar surface area (TPSA) is 74.6 Å². The van der Waals surface area contributed by atoms with E-state index in [2.05, 4.69) is 13.2 Å². The van der Waals surface area contributed by atoms with Crippen LogP contribution in [0, 0.1) is 0 Å². The van der Waals surface area contributed by atoms with Gasteiger partial charge in [0.2, 0.25) is 0 Å². The van der Waals surface area contributed by atoms with Gasteiger partial charge in [0.25, 0.3) is 0 Å². The number of carbonyl (C=O) groups is 2. The molecule has 4 heteroatoms. The lowest BCUT2D eigenvalue weighted by Crippen LogP contribution is -2.05. The molecule has 0 fully saturated rings. The molecule has 0 unspecified atom stereocenters. The fourth-order valence-corrected chi connectivity index (χ4v) is 1.35. The summed E-state index contributed by atoms with van der Waals surface area (Å²) in [5.41, 5.74) is 0.387. The van der Waals surface area contributed by atoms with Crippen LogP contribution in [0.3, 0.4) is 0 Å². The Labute approximate surface area is 92.2 Å². The molecule has 0 radical (unpaired) electrons. The molecule has 0 heterocycles. The first-order valence-electron chi connectivity index (χ1n) is 4.40. The van der Waals surface area contributed by atoms with Crippen LogP contribution < -0.4 is 0 Å².